The average molecular weight is 459 g/mol. The summed E-state index contributed by atoms with van der Waals surface area (Å²) in [5.41, 5.74) is 2.56. The number of nitrogens with one attached hydrogen (secondary N) is 2. The van der Waals surface area contributed by atoms with E-state index in [-0.39, 0.29) is 24.0 Å². The molecule has 0 amide bonds. The fourth-order valence-corrected chi connectivity index (χ4v) is 2.69. The maximum atomic E-state index is 5.41. The van der Waals surface area contributed by atoms with Crippen molar-refractivity contribution in [1.82, 2.24) is 10.6 Å². The zero-order valence-corrected chi connectivity index (χ0v) is 16.9. The molecule has 0 radical (unpaired) electrons. The van der Waals surface area contributed by atoms with Crippen LogP contribution in [0, 0.1) is 0 Å². The molecule has 6 nitrogen and oxygen atoms in total. The smallest absolute Gasteiger partial charge is 0.231 e. The second-order valence-electron chi connectivity index (χ2n) is 5.75. The lowest BCUT2D eigenvalue weighted by Crippen LogP contribution is -2.38. The molecule has 2 aliphatic heterocycles. The Morgan fingerprint density at radius 2 is 2.08 bits per heavy atom. The molecule has 25 heavy (non-hydrogen) atoms. The van der Waals surface area contributed by atoms with Crippen molar-refractivity contribution in [2.45, 2.75) is 26.3 Å². The maximum absolute atomic E-state index is 5.41. The van der Waals surface area contributed by atoms with Crippen LogP contribution in [0.4, 0.5) is 0 Å². The number of halogens is 1. The predicted octanol–water partition coefficient (Wildman–Crippen LogP) is 2.83. The minimum atomic E-state index is 0. The van der Waals surface area contributed by atoms with Gasteiger partial charge in [0.1, 0.15) is 0 Å². The van der Waals surface area contributed by atoms with Gasteiger partial charge in [0.25, 0.3) is 0 Å². The Bertz CT molecular complexity index is 620. The van der Waals surface area contributed by atoms with Gasteiger partial charge in [-0.1, -0.05) is 17.7 Å². The van der Waals surface area contributed by atoms with Crippen molar-refractivity contribution in [3.8, 4) is 11.5 Å². The quantitative estimate of drug-likeness (QED) is 0.297. The number of fused-ring (bicyclic) bond motifs is 1. The highest BCUT2D eigenvalue weighted by atomic mass is 127. The third-order valence-corrected chi connectivity index (χ3v) is 4.00. The number of benzene rings is 1. The molecule has 138 valence electrons. The van der Waals surface area contributed by atoms with E-state index in [9.17, 15) is 0 Å². The monoisotopic (exact) mass is 459 g/mol. The van der Waals surface area contributed by atoms with E-state index in [1.807, 2.05) is 18.2 Å². The van der Waals surface area contributed by atoms with Gasteiger partial charge in [0.2, 0.25) is 6.79 Å². The van der Waals surface area contributed by atoms with Crippen molar-refractivity contribution in [3.63, 3.8) is 0 Å². The lowest BCUT2D eigenvalue weighted by Gasteiger charge is -2.15. The molecule has 2 heterocycles. The van der Waals surface area contributed by atoms with E-state index >= 15 is 0 Å². The van der Waals surface area contributed by atoms with Gasteiger partial charge in [0, 0.05) is 13.1 Å². The summed E-state index contributed by atoms with van der Waals surface area (Å²) in [4.78, 5) is 4.65. The Morgan fingerprint density at radius 3 is 2.88 bits per heavy atom. The normalized spacial score (nSPS) is 16.0. The van der Waals surface area contributed by atoms with Crippen molar-refractivity contribution in [3.05, 3.63) is 35.4 Å². The van der Waals surface area contributed by atoms with Gasteiger partial charge < -0.3 is 24.8 Å². The number of hydrogen-bond donors (Lipinski definition) is 2. The van der Waals surface area contributed by atoms with Gasteiger partial charge in [-0.05, 0) is 37.5 Å². The van der Waals surface area contributed by atoms with Crippen molar-refractivity contribution in [1.29, 1.82) is 0 Å². The van der Waals surface area contributed by atoms with E-state index in [1.54, 1.807) is 0 Å². The van der Waals surface area contributed by atoms with Crippen LogP contribution in [-0.2, 0) is 11.3 Å². The van der Waals surface area contributed by atoms with E-state index in [4.69, 9.17) is 14.2 Å². The number of aliphatic imine (C=N–C) groups is 1. The van der Waals surface area contributed by atoms with Crippen LogP contribution in [0.5, 0.6) is 11.5 Å². The summed E-state index contributed by atoms with van der Waals surface area (Å²) in [5, 5.41) is 6.67. The first-order valence-corrected chi connectivity index (χ1v) is 8.51. The van der Waals surface area contributed by atoms with Gasteiger partial charge in [0.15, 0.2) is 17.5 Å². The zero-order chi connectivity index (χ0) is 16.6. The average Bonchev–Trinajstić information content (AvgIpc) is 3.08. The number of ether oxygens (including phenoxy) is 3. The third kappa shape index (κ3) is 6.07. The zero-order valence-electron chi connectivity index (χ0n) is 14.5. The van der Waals surface area contributed by atoms with E-state index in [2.05, 4.69) is 28.6 Å². The molecule has 7 heteroatoms. The summed E-state index contributed by atoms with van der Waals surface area (Å²) in [6.07, 6.45) is 4.24. The summed E-state index contributed by atoms with van der Waals surface area (Å²) in [6, 6.07) is 5.95. The molecule has 1 aromatic carbocycles. The summed E-state index contributed by atoms with van der Waals surface area (Å²) in [6.45, 7) is 6.26. The Morgan fingerprint density at radius 1 is 1.20 bits per heavy atom. The van der Waals surface area contributed by atoms with Crippen LogP contribution >= 0.6 is 24.0 Å². The van der Waals surface area contributed by atoms with Crippen LogP contribution in [0.25, 0.3) is 0 Å². The molecule has 0 bridgehead atoms. The van der Waals surface area contributed by atoms with Gasteiger partial charge in [-0.15, -0.1) is 24.0 Å². The molecular formula is C18H26IN3O3. The predicted molar refractivity (Wildman–Crippen MR) is 109 cm³/mol. The summed E-state index contributed by atoms with van der Waals surface area (Å²) in [5.74, 6) is 2.44. The van der Waals surface area contributed by atoms with Crippen LogP contribution < -0.4 is 20.1 Å². The molecule has 3 rings (SSSR count). The SMILES string of the molecule is CCNC(=NCc1ccc2c(c1)OCO2)NCCC1=CCOCC1.I. The number of hydrogen-bond acceptors (Lipinski definition) is 4. The number of nitrogens with zero attached hydrogens (tertiary/aromatic N) is 1. The molecule has 2 N–H and O–H groups in total. The number of guanidine groups is 1. The van der Waals surface area contributed by atoms with Crippen LogP contribution in [0.1, 0.15) is 25.3 Å². The Hall–Kier alpha value is -1.48. The number of rotatable bonds is 6. The van der Waals surface area contributed by atoms with Gasteiger partial charge >= 0.3 is 0 Å². The fourth-order valence-electron chi connectivity index (χ4n) is 2.69. The Balaban J connectivity index is 0.00000225. The minimum Gasteiger partial charge on any atom is -0.454 e. The van der Waals surface area contributed by atoms with Crippen LogP contribution in [-0.4, -0.2) is 39.1 Å². The standard InChI is InChI=1S/C18H25N3O3.HI/c1-2-19-18(20-8-5-14-6-9-22-10-7-14)21-12-15-3-4-16-17(11-15)24-13-23-16;/h3-4,6,11H,2,5,7-10,12-13H2,1H3,(H2,19,20,21);1H. The second-order valence-corrected chi connectivity index (χ2v) is 5.75. The highest BCUT2D eigenvalue weighted by molar-refractivity contribution is 14.0. The molecule has 0 unspecified atom stereocenters. The maximum Gasteiger partial charge on any atom is 0.231 e. The molecule has 0 fully saturated rings. The first-order valence-electron chi connectivity index (χ1n) is 8.51. The van der Waals surface area contributed by atoms with E-state index in [0.717, 1.165) is 62.2 Å². The highest BCUT2D eigenvalue weighted by Crippen LogP contribution is 2.32. The van der Waals surface area contributed by atoms with Crippen molar-refractivity contribution in [2.75, 3.05) is 33.1 Å². The van der Waals surface area contributed by atoms with Crippen molar-refractivity contribution >= 4 is 29.9 Å². The molecule has 0 atom stereocenters. The summed E-state index contributed by atoms with van der Waals surface area (Å²) >= 11 is 0. The molecule has 0 aliphatic carbocycles. The van der Waals surface area contributed by atoms with E-state index in [0.29, 0.717) is 13.3 Å². The van der Waals surface area contributed by atoms with Crippen molar-refractivity contribution < 1.29 is 14.2 Å². The molecule has 0 saturated heterocycles. The van der Waals surface area contributed by atoms with E-state index in [1.165, 1.54) is 5.57 Å². The first kappa shape index (κ1) is 19.8. The molecular weight excluding hydrogens is 433 g/mol. The van der Waals surface area contributed by atoms with Crippen molar-refractivity contribution in [2.24, 2.45) is 4.99 Å². The van der Waals surface area contributed by atoms with Gasteiger partial charge in [-0.2, -0.15) is 0 Å². The largest absolute Gasteiger partial charge is 0.454 e. The molecule has 0 spiro atoms. The Labute approximate surface area is 166 Å². The van der Waals surface area contributed by atoms with Gasteiger partial charge in [-0.25, -0.2) is 4.99 Å². The summed E-state index contributed by atoms with van der Waals surface area (Å²) < 4.78 is 16.1. The Kier molecular flexibility index (Phi) is 8.33. The fraction of sp³-hybridized carbons (Fsp3) is 0.500. The molecule has 0 saturated carbocycles. The van der Waals surface area contributed by atoms with Crippen LogP contribution in [0.15, 0.2) is 34.8 Å². The minimum absolute atomic E-state index is 0. The molecule has 1 aromatic rings. The van der Waals surface area contributed by atoms with Gasteiger partial charge in [-0.3, -0.25) is 0 Å². The lowest BCUT2D eigenvalue weighted by atomic mass is 10.1. The topological polar surface area (TPSA) is 64.1 Å². The second kappa shape index (κ2) is 10.5. The third-order valence-electron chi connectivity index (χ3n) is 4.00. The lowest BCUT2D eigenvalue weighted by molar-refractivity contribution is 0.153. The highest BCUT2D eigenvalue weighted by Gasteiger charge is 2.13. The van der Waals surface area contributed by atoms with Gasteiger partial charge in [0.05, 0.1) is 19.8 Å². The molecule has 2 aliphatic rings. The first-order chi connectivity index (χ1) is 11.8. The van der Waals surface area contributed by atoms with E-state index < -0.39 is 0 Å². The molecule has 0 aromatic heterocycles. The summed E-state index contributed by atoms with van der Waals surface area (Å²) in [7, 11) is 0. The van der Waals surface area contributed by atoms with Crippen LogP contribution in [0.2, 0.25) is 0 Å². The van der Waals surface area contributed by atoms with Crippen LogP contribution in [0.3, 0.4) is 0 Å².